The second-order valence-corrected chi connectivity index (χ2v) is 10.5. The van der Waals surface area contributed by atoms with Gasteiger partial charge < -0.3 is 19.5 Å². The first kappa shape index (κ1) is 27.5. The maximum atomic E-state index is 13.8. The lowest BCUT2D eigenvalue weighted by atomic mass is 9.71. The van der Waals surface area contributed by atoms with Crippen LogP contribution in [0, 0.1) is 5.92 Å². The van der Waals surface area contributed by atoms with Crippen LogP contribution in [0.1, 0.15) is 63.5 Å². The smallest absolute Gasteiger partial charge is 0.336 e. The first-order valence-electron chi connectivity index (χ1n) is 12.6. The van der Waals surface area contributed by atoms with E-state index in [1.54, 1.807) is 18.2 Å². The fourth-order valence-electron chi connectivity index (χ4n) is 5.04. The number of benzene rings is 2. The highest BCUT2D eigenvalue weighted by molar-refractivity contribution is 6.30. The van der Waals surface area contributed by atoms with Gasteiger partial charge in [-0.2, -0.15) is 0 Å². The molecule has 0 saturated carbocycles. The lowest BCUT2D eigenvalue weighted by Crippen LogP contribution is -2.36. The van der Waals surface area contributed by atoms with Crippen LogP contribution in [0.25, 0.3) is 0 Å². The standard InChI is InChI=1S/C30H32ClNO6/c1-16(2)15-37-30(35)27-17(3)32-23-12-21(19-6-9-22(31)10-7-19)13-24(34)29(23)28(27)20-8-11-25(38-18(4)33)26(14-20)36-5/h6-11,14,16,21,28,32H,12-13,15H2,1-5H3/t21-,28+/m1/s1. The number of nitrogens with one attached hydrogen (secondary N) is 1. The third kappa shape index (κ3) is 5.78. The minimum atomic E-state index is -0.662. The van der Waals surface area contributed by atoms with E-state index in [4.69, 9.17) is 25.8 Å². The number of methoxy groups -OCH3 is 1. The number of esters is 2. The Hall–Kier alpha value is -3.58. The van der Waals surface area contributed by atoms with Gasteiger partial charge in [0.15, 0.2) is 17.3 Å². The summed E-state index contributed by atoms with van der Waals surface area (Å²) >= 11 is 6.07. The zero-order valence-electron chi connectivity index (χ0n) is 22.2. The molecule has 38 heavy (non-hydrogen) atoms. The molecule has 1 aliphatic heterocycles. The molecule has 2 aromatic rings. The summed E-state index contributed by atoms with van der Waals surface area (Å²) in [6.07, 6.45) is 0.905. The molecular weight excluding hydrogens is 506 g/mol. The van der Waals surface area contributed by atoms with E-state index >= 15 is 0 Å². The minimum absolute atomic E-state index is 0.0187. The first-order chi connectivity index (χ1) is 18.1. The van der Waals surface area contributed by atoms with Gasteiger partial charge in [0.2, 0.25) is 0 Å². The first-order valence-corrected chi connectivity index (χ1v) is 13.0. The summed E-state index contributed by atoms with van der Waals surface area (Å²) in [5.41, 5.74) is 4.04. The van der Waals surface area contributed by atoms with Crippen molar-refractivity contribution in [2.75, 3.05) is 13.7 Å². The van der Waals surface area contributed by atoms with E-state index in [9.17, 15) is 14.4 Å². The molecule has 1 aliphatic carbocycles. The normalized spacial score (nSPS) is 19.2. The van der Waals surface area contributed by atoms with E-state index in [1.165, 1.54) is 14.0 Å². The van der Waals surface area contributed by atoms with Gasteiger partial charge >= 0.3 is 11.9 Å². The molecule has 1 N–H and O–H groups in total. The number of ketones is 1. The molecule has 0 amide bonds. The number of dihydropyridines is 1. The summed E-state index contributed by atoms with van der Waals surface area (Å²) < 4.78 is 16.4. The molecule has 2 atom stereocenters. The van der Waals surface area contributed by atoms with Crippen molar-refractivity contribution >= 4 is 29.3 Å². The van der Waals surface area contributed by atoms with Crippen LogP contribution in [0.4, 0.5) is 0 Å². The maximum Gasteiger partial charge on any atom is 0.336 e. The van der Waals surface area contributed by atoms with Crippen molar-refractivity contribution in [3.05, 3.63) is 81.2 Å². The van der Waals surface area contributed by atoms with Gasteiger partial charge in [0.1, 0.15) is 0 Å². The van der Waals surface area contributed by atoms with Crippen molar-refractivity contribution < 1.29 is 28.6 Å². The van der Waals surface area contributed by atoms with Gasteiger partial charge in [-0.1, -0.05) is 43.6 Å². The van der Waals surface area contributed by atoms with Crippen LogP contribution in [0.3, 0.4) is 0 Å². The third-order valence-corrected chi connectivity index (χ3v) is 6.96. The number of hydrogen-bond acceptors (Lipinski definition) is 7. The average molecular weight is 538 g/mol. The molecule has 2 aliphatic rings. The number of carbonyl (C=O) groups is 3. The molecule has 0 radical (unpaired) electrons. The molecular formula is C30H32ClNO6. The summed E-state index contributed by atoms with van der Waals surface area (Å²) in [5.74, 6) is -0.942. The zero-order valence-corrected chi connectivity index (χ0v) is 23.0. The Balaban J connectivity index is 1.80. The maximum absolute atomic E-state index is 13.8. The van der Waals surface area contributed by atoms with Crippen molar-refractivity contribution in [3.8, 4) is 11.5 Å². The summed E-state index contributed by atoms with van der Waals surface area (Å²) in [5, 5.41) is 4.00. The van der Waals surface area contributed by atoms with E-state index in [0.717, 1.165) is 11.3 Å². The Morgan fingerprint density at radius 1 is 1.05 bits per heavy atom. The van der Waals surface area contributed by atoms with Gasteiger partial charge in [-0.15, -0.1) is 0 Å². The molecule has 0 saturated heterocycles. The highest BCUT2D eigenvalue weighted by atomic mass is 35.5. The van der Waals surface area contributed by atoms with E-state index in [1.807, 2.05) is 45.0 Å². The van der Waals surface area contributed by atoms with Gasteiger partial charge in [-0.3, -0.25) is 9.59 Å². The summed E-state index contributed by atoms with van der Waals surface area (Å²) in [6, 6.07) is 12.6. The van der Waals surface area contributed by atoms with Crippen molar-refractivity contribution in [1.82, 2.24) is 5.32 Å². The Labute approximate surface area is 227 Å². The van der Waals surface area contributed by atoms with Crippen molar-refractivity contribution in [1.29, 1.82) is 0 Å². The Morgan fingerprint density at radius 2 is 1.74 bits per heavy atom. The second kappa shape index (κ2) is 11.4. The fourth-order valence-corrected chi connectivity index (χ4v) is 5.16. The number of hydrogen-bond donors (Lipinski definition) is 1. The summed E-state index contributed by atoms with van der Waals surface area (Å²) in [4.78, 5) is 38.7. The van der Waals surface area contributed by atoms with Crippen molar-refractivity contribution in [2.24, 2.45) is 5.92 Å². The van der Waals surface area contributed by atoms with Gasteiger partial charge in [0.05, 0.1) is 19.3 Å². The van der Waals surface area contributed by atoms with Gasteiger partial charge in [-0.05, 0) is 60.6 Å². The van der Waals surface area contributed by atoms with Gasteiger partial charge in [0.25, 0.3) is 0 Å². The second-order valence-electron chi connectivity index (χ2n) is 10.1. The highest BCUT2D eigenvalue weighted by Crippen LogP contribution is 2.47. The molecule has 7 nitrogen and oxygen atoms in total. The van der Waals surface area contributed by atoms with E-state index in [-0.39, 0.29) is 30.0 Å². The van der Waals surface area contributed by atoms with Crippen LogP contribution in [0.5, 0.6) is 11.5 Å². The predicted octanol–water partition coefficient (Wildman–Crippen LogP) is 5.83. The molecule has 0 fully saturated rings. The number of halogens is 1. The molecule has 0 bridgehead atoms. The predicted molar refractivity (Wildman–Crippen MR) is 144 cm³/mol. The molecule has 0 spiro atoms. The van der Waals surface area contributed by atoms with Crippen LogP contribution in [-0.4, -0.2) is 31.4 Å². The van der Waals surface area contributed by atoms with Crippen LogP contribution < -0.4 is 14.8 Å². The Morgan fingerprint density at radius 3 is 2.37 bits per heavy atom. The lowest BCUT2D eigenvalue weighted by Gasteiger charge is -2.37. The van der Waals surface area contributed by atoms with Crippen LogP contribution in [0.15, 0.2) is 65.0 Å². The fraction of sp³-hybridized carbons (Fsp3) is 0.367. The zero-order chi connectivity index (χ0) is 27.6. The van der Waals surface area contributed by atoms with Gasteiger partial charge in [-0.25, -0.2) is 4.79 Å². The van der Waals surface area contributed by atoms with Crippen LogP contribution in [-0.2, 0) is 19.1 Å². The van der Waals surface area contributed by atoms with E-state index in [0.29, 0.717) is 46.0 Å². The molecule has 1 heterocycles. The number of ether oxygens (including phenoxy) is 3. The minimum Gasteiger partial charge on any atom is -0.493 e. The van der Waals surface area contributed by atoms with E-state index in [2.05, 4.69) is 5.32 Å². The summed E-state index contributed by atoms with van der Waals surface area (Å²) in [6.45, 7) is 7.32. The molecule has 0 unspecified atom stereocenters. The molecule has 2 aromatic carbocycles. The van der Waals surface area contributed by atoms with Gasteiger partial charge in [0, 0.05) is 41.3 Å². The molecule has 8 heteroatoms. The molecule has 4 rings (SSSR count). The SMILES string of the molecule is COc1cc([C@H]2C(C(=O)OCC(C)C)=C(C)NC3=C2C(=O)C[C@H](c2ccc(Cl)cc2)C3)ccc1OC(C)=O. The average Bonchev–Trinajstić information content (AvgIpc) is 2.86. The molecule has 200 valence electrons. The third-order valence-electron chi connectivity index (χ3n) is 6.71. The Kier molecular flexibility index (Phi) is 8.26. The topological polar surface area (TPSA) is 90.9 Å². The van der Waals surface area contributed by atoms with Crippen LogP contribution >= 0.6 is 11.6 Å². The highest BCUT2D eigenvalue weighted by Gasteiger charge is 2.41. The number of Topliss-reactive ketones (excluding diaryl/α,β-unsaturated/α-hetero) is 1. The van der Waals surface area contributed by atoms with Crippen molar-refractivity contribution in [3.63, 3.8) is 0 Å². The van der Waals surface area contributed by atoms with Crippen molar-refractivity contribution in [2.45, 2.75) is 52.4 Å². The van der Waals surface area contributed by atoms with E-state index < -0.39 is 17.9 Å². The Bertz CT molecular complexity index is 1320. The monoisotopic (exact) mass is 537 g/mol. The lowest BCUT2D eigenvalue weighted by molar-refractivity contribution is -0.140. The quantitative estimate of drug-likeness (QED) is 0.351. The number of rotatable bonds is 7. The number of carbonyl (C=O) groups excluding carboxylic acids is 3. The largest absolute Gasteiger partial charge is 0.493 e. The summed E-state index contributed by atoms with van der Waals surface area (Å²) in [7, 11) is 1.47. The van der Waals surface area contributed by atoms with Crippen LogP contribution in [0.2, 0.25) is 5.02 Å². The number of allylic oxidation sites excluding steroid dienone is 3. The molecule has 0 aromatic heterocycles.